The zero-order chi connectivity index (χ0) is 27.5. The highest BCUT2D eigenvalue weighted by Crippen LogP contribution is 2.44. The van der Waals surface area contributed by atoms with E-state index >= 15 is 0 Å². The first kappa shape index (κ1) is 26.4. The molecule has 8 heteroatoms. The standard InChI is InChI=1S/C30H30ClN3O3S/c1-16-14-21-27(38-28(32-21)19-10-13-22-23(15-19)34(7)29(36)33(22)6)25(18-8-11-20(31)12-9-18)24(16)26(17(2)35)37-30(3,4)5/h8-15,26H,1-7H3/t26-/m1/s1. The second-order valence-electron chi connectivity index (χ2n) is 10.7. The Morgan fingerprint density at radius 2 is 1.63 bits per heavy atom. The summed E-state index contributed by atoms with van der Waals surface area (Å²) in [6.07, 6.45) is -0.731. The van der Waals surface area contributed by atoms with Crippen molar-refractivity contribution in [1.29, 1.82) is 0 Å². The topological polar surface area (TPSA) is 66.1 Å². The molecule has 1 atom stereocenters. The average Bonchev–Trinajstić information content (AvgIpc) is 3.36. The first-order valence-electron chi connectivity index (χ1n) is 12.4. The quantitative estimate of drug-likeness (QED) is 0.233. The van der Waals surface area contributed by atoms with Gasteiger partial charge in [0.1, 0.15) is 11.1 Å². The van der Waals surface area contributed by atoms with Crippen molar-refractivity contribution in [1.82, 2.24) is 14.1 Å². The molecular formula is C30H30ClN3O3S. The fraction of sp³-hybridized carbons (Fsp3) is 0.300. The van der Waals surface area contributed by atoms with Crippen molar-refractivity contribution in [2.75, 3.05) is 0 Å². The lowest BCUT2D eigenvalue weighted by Gasteiger charge is -2.29. The van der Waals surface area contributed by atoms with Gasteiger partial charge in [0.05, 0.1) is 26.9 Å². The van der Waals surface area contributed by atoms with Crippen molar-refractivity contribution in [2.24, 2.45) is 14.1 Å². The summed E-state index contributed by atoms with van der Waals surface area (Å²) in [6.45, 7) is 9.44. The average molecular weight is 548 g/mol. The number of nitrogens with zero attached hydrogens (tertiary/aromatic N) is 3. The summed E-state index contributed by atoms with van der Waals surface area (Å²) in [6, 6.07) is 15.6. The fourth-order valence-electron chi connectivity index (χ4n) is 4.91. The molecule has 0 saturated heterocycles. The third-order valence-corrected chi connectivity index (χ3v) is 8.07. The molecule has 0 aliphatic heterocycles. The molecule has 0 spiro atoms. The molecule has 196 valence electrons. The van der Waals surface area contributed by atoms with Gasteiger partial charge in [-0.1, -0.05) is 23.7 Å². The molecule has 5 aromatic rings. The lowest BCUT2D eigenvalue weighted by molar-refractivity contribution is -0.138. The van der Waals surface area contributed by atoms with E-state index in [1.807, 2.05) is 76.2 Å². The van der Waals surface area contributed by atoms with Crippen LogP contribution in [0.2, 0.25) is 5.02 Å². The van der Waals surface area contributed by atoms with Gasteiger partial charge in [-0.3, -0.25) is 13.9 Å². The molecule has 2 aromatic heterocycles. The largest absolute Gasteiger partial charge is 0.360 e. The van der Waals surface area contributed by atoms with Crippen LogP contribution in [0.15, 0.2) is 53.3 Å². The Bertz CT molecular complexity index is 1770. The Morgan fingerprint density at radius 1 is 1.00 bits per heavy atom. The van der Waals surface area contributed by atoms with E-state index in [-0.39, 0.29) is 11.5 Å². The third-order valence-electron chi connectivity index (χ3n) is 6.68. The summed E-state index contributed by atoms with van der Waals surface area (Å²) in [7, 11) is 3.55. The van der Waals surface area contributed by atoms with Gasteiger partial charge in [0.25, 0.3) is 0 Å². The van der Waals surface area contributed by atoms with Crippen molar-refractivity contribution in [3.05, 3.63) is 75.2 Å². The SMILES string of the molecule is CC(=O)[C@@H](OC(C)(C)C)c1c(C)cc2nc(-c3ccc4c(c3)n(C)c(=O)n4C)sc2c1-c1ccc(Cl)cc1. The summed E-state index contributed by atoms with van der Waals surface area (Å²) < 4.78 is 10.6. The summed E-state index contributed by atoms with van der Waals surface area (Å²) in [5, 5.41) is 1.47. The molecule has 3 aromatic carbocycles. The first-order valence-corrected chi connectivity index (χ1v) is 13.6. The Hall–Kier alpha value is -3.26. The molecule has 0 unspecified atom stereocenters. The maximum absolute atomic E-state index is 13.0. The lowest BCUT2D eigenvalue weighted by Crippen LogP contribution is -2.27. The zero-order valence-electron chi connectivity index (χ0n) is 22.5. The van der Waals surface area contributed by atoms with Crippen LogP contribution in [0.3, 0.4) is 0 Å². The molecule has 0 bridgehead atoms. The number of aryl methyl sites for hydroxylation is 3. The van der Waals surface area contributed by atoms with Crippen LogP contribution in [0, 0.1) is 6.92 Å². The Morgan fingerprint density at radius 3 is 2.26 bits per heavy atom. The van der Waals surface area contributed by atoms with Gasteiger partial charge in [0.15, 0.2) is 5.78 Å². The molecular weight excluding hydrogens is 518 g/mol. The molecule has 5 rings (SSSR count). The number of carbonyl (C=O) groups excluding carboxylic acids is 1. The van der Waals surface area contributed by atoms with E-state index < -0.39 is 11.7 Å². The Kier molecular flexibility index (Phi) is 6.58. The third kappa shape index (κ3) is 4.59. The number of aromatic nitrogens is 3. The number of Topliss-reactive ketones (excluding diaryl/α,β-unsaturated/α-hetero) is 1. The van der Waals surface area contributed by atoms with Crippen molar-refractivity contribution >= 4 is 50.0 Å². The molecule has 6 nitrogen and oxygen atoms in total. The number of ether oxygens (including phenoxy) is 1. The van der Waals surface area contributed by atoms with Crippen LogP contribution in [0.4, 0.5) is 0 Å². The number of benzene rings is 3. The van der Waals surface area contributed by atoms with E-state index in [1.54, 1.807) is 41.5 Å². The number of fused-ring (bicyclic) bond motifs is 2. The van der Waals surface area contributed by atoms with E-state index in [4.69, 9.17) is 21.3 Å². The van der Waals surface area contributed by atoms with E-state index in [9.17, 15) is 9.59 Å². The van der Waals surface area contributed by atoms with E-state index in [0.29, 0.717) is 5.02 Å². The molecule has 0 aliphatic rings. The second-order valence-corrected chi connectivity index (χ2v) is 12.1. The van der Waals surface area contributed by atoms with Gasteiger partial charge in [-0.15, -0.1) is 11.3 Å². The van der Waals surface area contributed by atoms with Gasteiger partial charge in [0.2, 0.25) is 0 Å². The van der Waals surface area contributed by atoms with E-state index in [1.165, 1.54) is 0 Å². The summed E-state index contributed by atoms with van der Waals surface area (Å²) in [5.74, 6) is -0.0576. The number of hydrogen-bond acceptors (Lipinski definition) is 5. The highest BCUT2D eigenvalue weighted by molar-refractivity contribution is 7.22. The van der Waals surface area contributed by atoms with Gasteiger partial charge < -0.3 is 4.74 Å². The lowest BCUT2D eigenvalue weighted by atomic mass is 9.90. The number of halogens is 1. The highest BCUT2D eigenvalue weighted by atomic mass is 35.5. The monoisotopic (exact) mass is 547 g/mol. The van der Waals surface area contributed by atoms with Crippen molar-refractivity contribution < 1.29 is 9.53 Å². The van der Waals surface area contributed by atoms with Crippen molar-refractivity contribution in [3.8, 4) is 21.7 Å². The minimum absolute atomic E-state index is 0.0576. The normalized spacial score (nSPS) is 12.9. The first-order chi connectivity index (χ1) is 17.9. The number of carbonyl (C=O) groups is 1. The number of hydrogen-bond donors (Lipinski definition) is 0. The van der Waals surface area contributed by atoms with Gasteiger partial charge in [0, 0.05) is 35.8 Å². The maximum Gasteiger partial charge on any atom is 0.328 e. The summed E-state index contributed by atoms with van der Waals surface area (Å²) >= 11 is 7.80. The second kappa shape index (κ2) is 9.49. The number of ketones is 1. The van der Waals surface area contributed by atoms with Crippen LogP contribution in [0.1, 0.15) is 44.9 Å². The number of rotatable bonds is 5. The van der Waals surface area contributed by atoms with Crippen LogP contribution in [0.25, 0.3) is 42.9 Å². The Balaban J connectivity index is 1.79. The van der Waals surface area contributed by atoms with Crippen molar-refractivity contribution in [2.45, 2.75) is 46.3 Å². The van der Waals surface area contributed by atoms with E-state index in [0.717, 1.165) is 54.1 Å². The molecule has 38 heavy (non-hydrogen) atoms. The van der Waals surface area contributed by atoms with Gasteiger partial charge in [-0.05, 0) is 82.1 Å². The van der Waals surface area contributed by atoms with Crippen LogP contribution in [-0.4, -0.2) is 25.5 Å². The fourth-order valence-corrected chi connectivity index (χ4v) is 6.16. The van der Waals surface area contributed by atoms with Crippen LogP contribution in [0.5, 0.6) is 0 Å². The molecule has 0 aliphatic carbocycles. The van der Waals surface area contributed by atoms with Crippen LogP contribution < -0.4 is 5.69 Å². The molecule has 0 fully saturated rings. The van der Waals surface area contributed by atoms with Gasteiger partial charge in [-0.25, -0.2) is 9.78 Å². The molecule has 0 saturated carbocycles. The number of thiazole rings is 1. The number of imidazole rings is 1. The minimum Gasteiger partial charge on any atom is -0.360 e. The predicted octanol–water partition coefficient (Wildman–Crippen LogP) is 7.23. The summed E-state index contributed by atoms with van der Waals surface area (Å²) in [5.41, 5.74) is 6.55. The highest BCUT2D eigenvalue weighted by Gasteiger charge is 2.30. The molecule has 0 N–H and O–H groups in total. The molecule has 0 radical (unpaired) electrons. The zero-order valence-corrected chi connectivity index (χ0v) is 24.1. The minimum atomic E-state index is -0.731. The maximum atomic E-state index is 13.0. The molecule has 0 amide bonds. The van der Waals surface area contributed by atoms with Gasteiger partial charge >= 0.3 is 5.69 Å². The van der Waals surface area contributed by atoms with Crippen molar-refractivity contribution in [3.63, 3.8) is 0 Å². The van der Waals surface area contributed by atoms with Crippen LogP contribution >= 0.6 is 22.9 Å². The van der Waals surface area contributed by atoms with Crippen LogP contribution in [-0.2, 0) is 23.6 Å². The molecule has 2 heterocycles. The summed E-state index contributed by atoms with van der Waals surface area (Å²) in [4.78, 5) is 30.4. The Labute approximate surface area is 230 Å². The predicted molar refractivity (Wildman–Crippen MR) is 156 cm³/mol. The van der Waals surface area contributed by atoms with E-state index in [2.05, 4.69) is 0 Å². The van der Waals surface area contributed by atoms with Gasteiger partial charge in [-0.2, -0.15) is 0 Å². The smallest absolute Gasteiger partial charge is 0.328 e.